The Hall–Kier alpha value is -0.0800. The molecule has 0 radical (unpaired) electrons. The fraction of sp³-hybridized carbons (Fsp3) is 1.00. The van der Waals surface area contributed by atoms with Crippen LogP contribution in [0.1, 0.15) is 60.3 Å². The lowest BCUT2D eigenvalue weighted by molar-refractivity contribution is 0.109. The maximum absolute atomic E-state index is 5.58. The average molecular weight is 269 g/mol. The summed E-state index contributed by atoms with van der Waals surface area (Å²) in [7, 11) is 0. The first-order chi connectivity index (χ1) is 8.89. The molecular formula is C17H35NO. The highest BCUT2D eigenvalue weighted by molar-refractivity contribution is 4.81. The molecule has 1 saturated carbocycles. The molecule has 0 saturated heterocycles. The van der Waals surface area contributed by atoms with E-state index in [1.54, 1.807) is 0 Å². The summed E-state index contributed by atoms with van der Waals surface area (Å²) < 4.78 is 5.58. The number of nitrogens with one attached hydrogen (secondary N) is 1. The van der Waals surface area contributed by atoms with Crippen molar-refractivity contribution in [3.8, 4) is 0 Å². The zero-order valence-corrected chi connectivity index (χ0v) is 13.8. The summed E-state index contributed by atoms with van der Waals surface area (Å²) in [6, 6.07) is 0. The van der Waals surface area contributed by atoms with Gasteiger partial charge in [-0.25, -0.2) is 0 Å². The van der Waals surface area contributed by atoms with Crippen LogP contribution in [0.25, 0.3) is 0 Å². The Kier molecular flexibility index (Phi) is 7.38. The molecule has 0 bridgehead atoms. The van der Waals surface area contributed by atoms with Crippen molar-refractivity contribution in [3.05, 3.63) is 0 Å². The first kappa shape index (κ1) is 17.0. The number of hydrogen-bond donors (Lipinski definition) is 1. The molecule has 19 heavy (non-hydrogen) atoms. The Bertz CT molecular complexity index is 224. The summed E-state index contributed by atoms with van der Waals surface area (Å²) >= 11 is 0. The Morgan fingerprint density at radius 3 is 2.26 bits per heavy atom. The topological polar surface area (TPSA) is 21.3 Å². The van der Waals surface area contributed by atoms with Gasteiger partial charge in [-0.2, -0.15) is 0 Å². The molecular weight excluding hydrogens is 234 g/mol. The third-order valence-electron chi connectivity index (χ3n) is 4.38. The summed E-state index contributed by atoms with van der Waals surface area (Å²) in [6.45, 7) is 15.5. The average Bonchev–Trinajstić information content (AvgIpc) is 2.32. The van der Waals surface area contributed by atoms with Gasteiger partial charge in [0.1, 0.15) is 0 Å². The lowest BCUT2D eigenvalue weighted by Crippen LogP contribution is -2.32. The molecule has 1 aliphatic carbocycles. The normalized spacial score (nSPS) is 24.9. The molecule has 0 aliphatic heterocycles. The van der Waals surface area contributed by atoms with Crippen LogP contribution >= 0.6 is 0 Å². The predicted molar refractivity (Wildman–Crippen MR) is 83.4 cm³/mol. The molecule has 0 atom stereocenters. The maximum Gasteiger partial charge on any atom is 0.0591 e. The maximum atomic E-state index is 5.58. The molecule has 0 aromatic rings. The van der Waals surface area contributed by atoms with Crippen LogP contribution in [0.4, 0.5) is 0 Å². The van der Waals surface area contributed by atoms with E-state index >= 15 is 0 Å². The minimum absolute atomic E-state index is 0.503. The van der Waals surface area contributed by atoms with Crippen LogP contribution in [0.3, 0.4) is 0 Å². The number of rotatable bonds is 7. The molecule has 1 aliphatic rings. The second kappa shape index (κ2) is 8.26. The molecule has 0 aromatic carbocycles. The van der Waals surface area contributed by atoms with Gasteiger partial charge in [0.15, 0.2) is 0 Å². The van der Waals surface area contributed by atoms with Crippen LogP contribution in [0.2, 0.25) is 0 Å². The van der Waals surface area contributed by atoms with E-state index in [-0.39, 0.29) is 0 Å². The molecule has 2 heteroatoms. The zero-order chi connectivity index (χ0) is 14.3. The van der Waals surface area contributed by atoms with Crippen LogP contribution in [0.15, 0.2) is 0 Å². The van der Waals surface area contributed by atoms with Crippen molar-refractivity contribution in [2.75, 3.05) is 26.3 Å². The highest BCUT2D eigenvalue weighted by Gasteiger charge is 2.29. The molecule has 2 nitrogen and oxygen atoms in total. The molecule has 1 N–H and O–H groups in total. The van der Waals surface area contributed by atoms with E-state index in [0.717, 1.165) is 31.6 Å². The fourth-order valence-corrected chi connectivity index (χ4v) is 3.00. The lowest BCUT2D eigenvalue weighted by atomic mass is 9.70. The third-order valence-corrected chi connectivity index (χ3v) is 4.38. The largest absolute Gasteiger partial charge is 0.380 e. The minimum atomic E-state index is 0.503. The first-order valence-corrected chi connectivity index (χ1v) is 8.18. The zero-order valence-electron chi connectivity index (χ0n) is 13.8. The van der Waals surface area contributed by atoms with Gasteiger partial charge in [0.2, 0.25) is 0 Å². The standard InChI is InChI=1S/C17H35NO/c1-14(2)13-19-11-10-18-12-15-6-8-16(9-7-15)17(3,4)5/h14-16,18H,6-13H2,1-5H3. The second-order valence-electron chi connectivity index (χ2n) is 7.76. The van der Waals surface area contributed by atoms with Crippen molar-refractivity contribution in [1.82, 2.24) is 5.32 Å². The van der Waals surface area contributed by atoms with Gasteiger partial charge in [-0.15, -0.1) is 0 Å². The summed E-state index contributed by atoms with van der Waals surface area (Å²) in [5.74, 6) is 2.47. The van der Waals surface area contributed by atoms with Crippen molar-refractivity contribution in [2.45, 2.75) is 60.3 Å². The van der Waals surface area contributed by atoms with E-state index in [9.17, 15) is 0 Å². The van der Waals surface area contributed by atoms with Crippen LogP contribution in [-0.2, 0) is 4.74 Å². The molecule has 114 valence electrons. The molecule has 0 spiro atoms. The predicted octanol–water partition coefficient (Wildman–Crippen LogP) is 4.10. The van der Waals surface area contributed by atoms with E-state index in [1.165, 1.54) is 32.2 Å². The first-order valence-electron chi connectivity index (χ1n) is 8.18. The monoisotopic (exact) mass is 269 g/mol. The Morgan fingerprint density at radius 1 is 1.11 bits per heavy atom. The van der Waals surface area contributed by atoms with E-state index in [4.69, 9.17) is 4.74 Å². The van der Waals surface area contributed by atoms with Gasteiger partial charge in [-0.1, -0.05) is 34.6 Å². The van der Waals surface area contributed by atoms with Crippen molar-refractivity contribution >= 4 is 0 Å². The Balaban J connectivity index is 2.01. The van der Waals surface area contributed by atoms with Gasteiger partial charge in [0, 0.05) is 13.2 Å². The highest BCUT2D eigenvalue weighted by atomic mass is 16.5. The highest BCUT2D eigenvalue weighted by Crippen LogP contribution is 2.39. The van der Waals surface area contributed by atoms with E-state index < -0.39 is 0 Å². The molecule has 0 aromatic heterocycles. The van der Waals surface area contributed by atoms with Crippen molar-refractivity contribution in [3.63, 3.8) is 0 Å². The van der Waals surface area contributed by atoms with Crippen molar-refractivity contribution in [2.24, 2.45) is 23.2 Å². The van der Waals surface area contributed by atoms with Crippen LogP contribution in [0, 0.1) is 23.2 Å². The molecule has 0 unspecified atom stereocenters. The van der Waals surface area contributed by atoms with Crippen molar-refractivity contribution in [1.29, 1.82) is 0 Å². The van der Waals surface area contributed by atoms with Gasteiger partial charge in [0.25, 0.3) is 0 Å². The van der Waals surface area contributed by atoms with Gasteiger partial charge in [-0.05, 0) is 55.4 Å². The van der Waals surface area contributed by atoms with Gasteiger partial charge < -0.3 is 10.1 Å². The minimum Gasteiger partial charge on any atom is -0.380 e. The molecule has 0 heterocycles. The van der Waals surface area contributed by atoms with E-state index in [2.05, 4.69) is 39.9 Å². The van der Waals surface area contributed by atoms with Crippen LogP contribution in [0.5, 0.6) is 0 Å². The van der Waals surface area contributed by atoms with Crippen LogP contribution < -0.4 is 5.32 Å². The fourth-order valence-electron chi connectivity index (χ4n) is 3.00. The summed E-state index contributed by atoms with van der Waals surface area (Å²) in [5, 5.41) is 3.56. The molecule has 1 rings (SSSR count). The summed E-state index contributed by atoms with van der Waals surface area (Å²) in [6.07, 6.45) is 5.64. The van der Waals surface area contributed by atoms with E-state index in [1.807, 2.05) is 0 Å². The Morgan fingerprint density at radius 2 is 1.74 bits per heavy atom. The summed E-state index contributed by atoms with van der Waals surface area (Å²) in [5.41, 5.74) is 0.503. The molecule has 1 fully saturated rings. The van der Waals surface area contributed by atoms with Crippen LogP contribution in [-0.4, -0.2) is 26.3 Å². The second-order valence-corrected chi connectivity index (χ2v) is 7.76. The van der Waals surface area contributed by atoms with Crippen molar-refractivity contribution < 1.29 is 4.74 Å². The van der Waals surface area contributed by atoms with E-state index in [0.29, 0.717) is 11.3 Å². The third kappa shape index (κ3) is 7.31. The number of ether oxygens (including phenoxy) is 1. The summed E-state index contributed by atoms with van der Waals surface area (Å²) in [4.78, 5) is 0. The quantitative estimate of drug-likeness (QED) is 0.703. The lowest BCUT2D eigenvalue weighted by Gasteiger charge is -2.37. The van der Waals surface area contributed by atoms with Gasteiger partial charge in [0.05, 0.1) is 6.61 Å². The number of hydrogen-bond acceptors (Lipinski definition) is 2. The van der Waals surface area contributed by atoms with Gasteiger partial charge >= 0.3 is 0 Å². The Labute approximate surface area is 120 Å². The smallest absolute Gasteiger partial charge is 0.0591 e. The molecule has 0 amide bonds. The SMILES string of the molecule is CC(C)COCCNCC1CCC(C(C)(C)C)CC1. The van der Waals surface area contributed by atoms with Gasteiger partial charge in [-0.3, -0.25) is 0 Å².